The number of nitrogens with one attached hydrogen (secondary N) is 1. The third-order valence-corrected chi connectivity index (χ3v) is 3.72. The Labute approximate surface area is 127 Å². The van der Waals surface area contributed by atoms with Crippen molar-refractivity contribution in [3.8, 4) is 11.6 Å². The van der Waals surface area contributed by atoms with E-state index in [1.54, 1.807) is 7.11 Å². The van der Waals surface area contributed by atoms with Crippen LogP contribution in [0.5, 0.6) is 5.88 Å². The minimum absolute atomic E-state index is 0.486. The van der Waals surface area contributed by atoms with Gasteiger partial charge in [-0.25, -0.2) is 4.98 Å². The van der Waals surface area contributed by atoms with Gasteiger partial charge in [0.25, 0.3) is 0 Å². The maximum absolute atomic E-state index is 5.36. The molecule has 96 valence electrons. The van der Waals surface area contributed by atoms with Gasteiger partial charge < -0.3 is 9.72 Å². The number of nitrogens with zero attached hydrogens (tertiary/aromatic N) is 3. The molecule has 0 spiro atoms. The van der Waals surface area contributed by atoms with Gasteiger partial charge in [0.05, 0.1) is 7.11 Å². The Balaban J connectivity index is 2.32. The van der Waals surface area contributed by atoms with E-state index in [0.717, 1.165) is 5.69 Å². The topological polar surface area (TPSA) is 55.7 Å². The lowest BCUT2D eigenvalue weighted by Gasteiger charge is -2.04. The van der Waals surface area contributed by atoms with Crippen LogP contribution in [0.1, 0.15) is 0 Å². The van der Waals surface area contributed by atoms with Crippen LogP contribution in [-0.4, -0.2) is 26.6 Å². The van der Waals surface area contributed by atoms with Crippen molar-refractivity contribution in [1.82, 2.24) is 19.5 Å². The van der Waals surface area contributed by atoms with Crippen molar-refractivity contribution < 1.29 is 4.74 Å². The standard InChI is InChI=1S/C12H9IN4OS/c1-18-11-9-10(14-6-15-11)17(12(19)16-9)8-4-2-7(13)3-5-8/h2-6H,1H3,(H,16,19). The van der Waals surface area contributed by atoms with E-state index in [0.29, 0.717) is 21.8 Å². The van der Waals surface area contributed by atoms with Crippen LogP contribution in [0.2, 0.25) is 0 Å². The first kappa shape index (κ1) is 12.5. The molecule has 1 N–H and O–H groups in total. The largest absolute Gasteiger partial charge is 0.479 e. The molecular formula is C12H9IN4OS. The first-order chi connectivity index (χ1) is 9.20. The predicted octanol–water partition coefficient (Wildman–Crippen LogP) is 3.09. The molecule has 3 rings (SSSR count). The van der Waals surface area contributed by atoms with Gasteiger partial charge in [-0.2, -0.15) is 4.98 Å². The zero-order valence-corrected chi connectivity index (χ0v) is 12.9. The maximum atomic E-state index is 5.36. The number of aromatic amines is 1. The summed E-state index contributed by atoms with van der Waals surface area (Å²) < 4.78 is 8.81. The number of hydrogen-bond acceptors (Lipinski definition) is 4. The molecule has 0 fully saturated rings. The third kappa shape index (κ3) is 2.12. The first-order valence-corrected chi connectivity index (χ1v) is 6.95. The van der Waals surface area contributed by atoms with Crippen LogP contribution in [0.4, 0.5) is 0 Å². The summed E-state index contributed by atoms with van der Waals surface area (Å²) in [6.07, 6.45) is 1.47. The fourth-order valence-corrected chi connectivity index (χ4v) is 2.54. The average molecular weight is 384 g/mol. The van der Waals surface area contributed by atoms with Crippen molar-refractivity contribution in [3.63, 3.8) is 0 Å². The summed E-state index contributed by atoms with van der Waals surface area (Å²) in [6, 6.07) is 8.04. The Morgan fingerprint density at radius 1 is 1.26 bits per heavy atom. The van der Waals surface area contributed by atoms with E-state index < -0.39 is 0 Å². The highest BCUT2D eigenvalue weighted by molar-refractivity contribution is 14.1. The summed E-state index contributed by atoms with van der Waals surface area (Å²) in [6.45, 7) is 0. The van der Waals surface area contributed by atoms with Crippen LogP contribution >= 0.6 is 34.8 Å². The number of methoxy groups -OCH3 is 1. The number of aromatic nitrogens is 4. The van der Waals surface area contributed by atoms with Crippen LogP contribution in [0.3, 0.4) is 0 Å². The van der Waals surface area contributed by atoms with Gasteiger partial charge in [0, 0.05) is 9.26 Å². The molecule has 0 saturated heterocycles. The van der Waals surface area contributed by atoms with E-state index in [4.69, 9.17) is 17.0 Å². The molecule has 0 radical (unpaired) electrons. The van der Waals surface area contributed by atoms with Crippen LogP contribution in [0.25, 0.3) is 16.9 Å². The van der Waals surface area contributed by atoms with Crippen molar-refractivity contribution in [2.45, 2.75) is 0 Å². The van der Waals surface area contributed by atoms with Gasteiger partial charge in [0.2, 0.25) is 5.88 Å². The van der Waals surface area contributed by atoms with Crippen LogP contribution < -0.4 is 4.74 Å². The van der Waals surface area contributed by atoms with Gasteiger partial charge in [-0.15, -0.1) is 0 Å². The van der Waals surface area contributed by atoms with Crippen LogP contribution in [0.15, 0.2) is 30.6 Å². The number of benzene rings is 1. The Morgan fingerprint density at radius 3 is 2.68 bits per heavy atom. The fourth-order valence-electron chi connectivity index (χ4n) is 1.88. The third-order valence-electron chi connectivity index (χ3n) is 2.72. The fraction of sp³-hybridized carbons (Fsp3) is 0.0833. The molecule has 0 bridgehead atoms. The minimum atomic E-state index is 0.486. The molecule has 0 aliphatic heterocycles. The lowest BCUT2D eigenvalue weighted by Crippen LogP contribution is -1.96. The predicted molar refractivity (Wildman–Crippen MR) is 83.3 cm³/mol. The van der Waals surface area contributed by atoms with Crippen LogP contribution in [-0.2, 0) is 0 Å². The number of rotatable bonds is 2. The van der Waals surface area contributed by atoms with Crippen molar-refractivity contribution in [3.05, 3.63) is 38.9 Å². The second kappa shape index (κ2) is 4.89. The van der Waals surface area contributed by atoms with Gasteiger partial charge in [-0.05, 0) is 59.1 Å². The molecule has 0 unspecified atom stereocenters. The van der Waals surface area contributed by atoms with E-state index in [1.807, 2.05) is 28.8 Å². The van der Waals surface area contributed by atoms with E-state index in [2.05, 4.69) is 37.5 Å². The summed E-state index contributed by atoms with van der Waals surface area (Å²) in [4.78, 5) is 11.4. The quantitative estimate of drug-likeness (QED) is 0.545. The molecule has 1 aromatic carbocycles. The van der Waals surface area contributed by atoms with E-state index in [9.17, 15) is 0 Å². The molecule has 2 aromatic heterocycles. The summed E-state index contributed by atoms with van der Waals surface area (Å²) >= 11 is 7.62. The Bertz CT molecular complexity index is 794. The van der Waals surface area contributed by atoms with E-state index >= 15 is 0 Å². The zero-order chi connectivity index (χ0) is 13.4. The smallest absolute Gasteiger partial charge is 0.242 e. The van der Waals surface area contributed by atoms with Crippen molar-refractivity contribution >= 4 is 46.0 Å². The van der Waals surface area contributed by atoms with E-state index in [1.165, 1.54) is 9.90 Å². The Morgan fingerprint density at radius 2 is 2.00 bits per heavy atom. The molecule has 5 nitrogen and oxygen atoms in total. The van der Waals surface area contributed by atoms with Gasteiger partial charge in [-0.1, -0.05) is 0 Å². The lowest BCUT2D eigenvalue weighted by atomic mass is 10.3. The number of ether oxygens (including phenoxy) is 1. The molecule has 0 aliphatic carbocycles. The highest BCUT2D eigenvalue weighted by Gasteiger charge is 2.12. The highest BCUT2D eigenvalue weighted by atomic mass is 127. The summed E-state index contributed by atoms with van der Waals surface area (Å²) in [5.41, 5.74) is 2.36. The highest BCUT2D eigenvalue weighted by Crippen LogP contribution is 2.23. The van der Waals surface area contributed by atoms with Crippen molar-refractivity contribution in [2.24, 2.45) is 0 Å². The molecule has 7 heteroatoms. The van der Waals surface area contributed by atoms with Gasteiger partial charge in [0.15, 0.2) is 10.4 Å². The zero-order valence-electron chi connectivity index (χ0n) is 9.92. The number of halogens is 1. The molecule has 0 saturated carbocycles. The second-order valence-electron chi connectivity index (χ2n) is 3.82. The SMILES string of the molecule is COc1ncnc2c1[nH]c(=S)n2-c1ccc(I)cc1. The molecule has 0 aliphatic rings. The molecule has 0 amide bonds. The first-order valence-electron chi connectivity index (χ1n) is 5.46. The summed E-state index contributed by atoms with van der Waals surface area (Å²) in [5, 5.41) is 0. The van der Waals surface area contributed by atoms with Crippen LogP contribution in [0, 0.1) is 8.34 Å². The average Bonchev–Trinajstić information content (AvgIpc) is 2.76. The number of fused-ring (bicyclic) bond motifs is 1. The molecule has 0 atom stereocenters. The molecule has 3 aromatic rings. The number of H-pyrrole nitrogens is 1. The van der Waals surface area contributed by atoms with E-state index in [-0.39, 0.29) is 0 Å². The summed E-state index contributed by atoms with van der Waals surface area (Å²) in [7, 11) is 1.57. The number of imidazole rings is 1. The molecule has 2 heterocycles. The monoisotopic (exact) mass is 384 g/mol. The molecular weight excluding hydrogens is 375 g/mol. The summed E-state index contributed by atoms with van der Waals surface area (Å²) in [5.74, 6) is 0.486. The van der Waals surface area contributed by atoms with Gasteiger partial charge in [-0.3, -0.25) is 4.57 Å². The minimum Gasteiger partial charge on any atom is -0.479 e. The normalized spacial score (nSPS) is 10.8. The number of hydrogen-bond donors (Lipinski definition) is 1. The maximum Gasteiger partial charge on any atom is 0.242 e. The van der Waals surface area contributed by atoms with Gasteiger partial charge >= 0.3 is 0 Å². The van der Waals surface area contributed by atoms with Gasteiger partial charge in [0.1, 0.15) is 11.8 Å². The molecule has 19 heavy (non-hydrogen) atoms. The Kier molecular flexibility index (Phi) is 3.23. The Hall–Kier alpha value is -1.48. The van der Waals surface area contributed by atoms with Crippen molar-refractivity contribution in [2.75, 3.05) is 7.11 Å². The van der Waals surface area contributed by atoms with Crippen molar-refractivity contribution in [1.29, 1.82) is 0 Å². The lowest BCUT2D eigenvalue weighted by molar-refractivity contribution is 0.401. The second-order valence-corrected chi connectivity index (χ2v) is 5.46.